The van der Waals surface area contributed by atoms with Gasteiger partial charge in [-0.3, -0.25) is 14.5 Å². The number of nitrogens with zero attached hydrogens (tertiary/aromatic N) is 1. The minimum Gasteiger partial charge on any atom is -0.494 e. The molecule has 1 aliphatic rings. The van der Waals surface area contributed by atoms with Gasteiger partial charge in [0.25, 0.3) is 5.91 Å². The molecule has 2 aromatic rings. The van der Waals surface area contributed by atoms with E-state index in [2.05, 4.69) is 10.2 Å². The number of piperidine rings is 1. The fourth-order valence-corrected chi connectivity index (χ4v) is 4.26. The molecule has 0 radical (unpaired) electrons. The van der Waals surface area contributed by atoms with E-state index in [1.54, 1.807) is 49.4 Å². The fraction of sp³-hybridized carbons (Fsp3) is 0.440. The van der Waals surface area contributed by atoms with Crippen LogP contribution in [0.4, 0.5) is 0 Å². The highest BCUT2D eigenvalue weighted by molar-refractivity contribution is 6.42. The molecule has 0 aliphatic carbocycles. The van der Waals surface area contributed by atoms with Crippen LogP contribution >= 0.6 is 34.8 Å². The van der Waals surface area contributed by atoms with Crippen molar-refractivity contribution in [3.8, 4) is 11.5 Å². The number of amides is 1. The van der Waals surface area contributed by atoms with Crippen LogP contribution in [-0.2, 0) is 14.3 Å². The van der Waals surface area contributed by atoms with Crippen molar-refractivity contribution in [2.75, 3.05) is 32.9 Å². The third kappa shape index (κ3) is 8.76. The first-order valence-electron chi connectivity index (χ1n) is 11.5. The summed E-state index contributed by atoms with van der Waals surface area (Å²) in [5.74, 6) is 0.696. The Morgan fingerprint density at radius 2 is 1.69 bits per heavy atom. The molecule has 0 spiro atoms. The van der Waals surface area contributed by atoms with Crippen molar-refractivity contribution in [3.05, 3.63) is 57.5 Å². The van der Waals surface area contributed by atoms with Crippen LogP contribution in [0.5, 0.6) is 11.5 Å². The number of benzene rings is 2. The standard InChI is InChI=1S/C25H29Cl3N2O5/c1-2-33-25(32)23(11-14-34-19-5-3-17(26)4-6-19)30-12-9-18(10-13-30)29-24(31)16-35-20-7-8-21(27)22(28)15-20/h3-8,15,18,23H,2,9-14,16H2,1H3,(H,29,31). The maximum Gasteiger partial charge on any atom is 0.323 e. The van der Waals surface area contributed by atoms with E-state index in [4.69, 9.17) is 49.0 Å². The molecular weight excluding hydrogens is 515 g/mol. The van der Waals surface area contributed by atoms with Crippen LogP contribution in [0.3, 0.4) is 0 Å². The van der Waals surface area contributed by atoms with E-state index in [-0.39, 0.29) is 24.5 Å². The van der Waals surface area contributed by atoms with E-state index in [9.17, 15) is 9.59 Å². The van der Waals surface area contributed by atoms with Gasteiger partial charge in [-0.1, -0.05) is 34.8 Å². The number of likely N-dealkylation sites (tertiary alicyclic amines) is 1. The Bertz CT molecular complexity index is 982. The van der Waals surface area contributed by atoms with Gasteiger partial charge in [0.1, 0.15) is 17.5 Å². The van der Waals surface area contributed by atoms with Crippen LogP contribution in [0.2, 0.25) is 15.1 Å². The molecule has 1 aliphatic heterocycles. The highest BCUT2D eigenvalue weighted by Gasteiger charge is 2.31. The van der Waals surface area contributed by atoms with Gasteiger partial charge in [-0.15, -0.1) is 0 Å². The molecule has 2 aromatic carbocycles. The topological polar surface area (TPSA) is 77.1 Å². The summed E-state index contributed by atoms with van der Waals surface area (Å²) in [5, 5.41) is 4.42. The Labute approximate surface area is 220 Å². The molecule has 35 heavy (non-hydrogen) atoms. The lowest BCUT2D eigenvalue weighted by molar-refractivity contribution is -0.150. The van der Waals surface area contributed by atoms with Gasteiger partial charge < -0.3 is 19.5 Å². The molecule has 1 amide bonds. The summed E-state index contributed by atoms with van der Waals surface area (Å²) in [6.45, 7) is 3.67. The third-order valence-electron chi connectivity index (χ3n) is 5.63. The summed E-state index contributed by atoms with van der Waals surface area (Å²) in [6, 6.07) is 11.5. The number of hydrogen-bond donors (Lipinski definition) is 1. The highest BCUT2D eigenvalue weighted by atomic mass is 35.5. The molecule has 1 atom stereocenters. The van der Waals surface area contributed by atoms with Gasteiger partial charge in [-0.25, -0.2) is 0 Å². The lowest BCUT2D eigenvalue weighted by atomic mass is 10.0. The lowest BCUT2D eigenvalue weighted by Crippen LogP contribution is -2.51. The Kier molecular flexibility index (Phi) is 10.8. The number of carbonyl (C=O) groups excluding carboxylic acids is 2. The Morgan fingerprint density at radius 3 is 2.34 bits per heavy atom. The Hall–Kier alpha value is -2.19. The van der Waals surface area contributed by atoms with Crippen LogP contribution in [0.1, 0.15) is 26.2 Å². The highest BCUT2D eigenvalue weighted by Crippen LogP contribution is 2.26. The largest absolute Gasteiger partial charge is 0.494 e. The van der Waals surface area contributed by atoms with Crippen molar-refractivity contribution in [1.29, 1.82) is 0 Å². The van der Waals surface area contributed by atoms with Gasteiger partial charge in [0.2, 0.25) is 0 Å². The lowest BCUT2D eigenvalue weighted by Gasteiger charge is -2.36. The number of carbonyl (C=O) groups is 2. The first kappa shape index (κ1) is 27.4. The van der Waals surface area contributed by atoms with E-state index in [1.165, 1.54) is 0 Å². The number of halogens is 3. The van der Waals surface area contributed by atoms with Gasteiger partial charge in [-0.2, -0.15) is 0 Å². The molecule has 1 fully saturated rings. The number of hydrogen-bond acceptors (Lipinski definition) is 6. The van der Waals surface area contributed by atoms with Gasteiger partial charge in [-0.05, 0) is 56.2 Å². The van der Waals surface area contributed by atoms with Gasteiger partial charge in [0, 0.05) is 36.6 Å². The summed E-state index contributed by atoms with van der Waals surface area (Å²) >= 11 is 17.8. The van der Waals surface area contributed by atoms with Crippen molar-refractivity contribution in [2.24, 2.45) is 0 Å². The van der Waals surface area contributed by atoms with E-state index >= 15 is 0 Å². The minimum absolute atomic E-state index is 0.00400. The fourth-order valence-electron chi connectivity index (χ4n) is 3.85. The average Bonchev–Trinajstić information content (AvgIpc) is 2.84. The molecule has 0 aromatic heterocycles. The number of rotatable bonds is 11. The Morgan fingerprint density at radius 1 is 1.00 bits per heavy atom. The van der Waals surface area contributed by atoms with Crippen molar-refractivity contribution < 1.29 is 23.8 Å². The molecule has 7 nitrogen and oxygen atoms in total. The summed E-state index contributed by atoms with van der Waals surface area (Å²) in [6.07, 6.45) is 1.93. The van der Waals surface area contributed by atoms with Gasteiger partial charge in [0.05, 0.1) is 23.3 Å². The van der Waals surface area contributed by atoms with E-state index < -0.39 is 6.04 Å². The van der Waals surface area contributed by atoms with Crippen LogP contribution in [0.15, 0.2) is 42.5 Å². The molecule has 10 heteroatoms. The van der Waals surface area contributed by atoms with Crippen LogP contribution in [0, 0.1) is 0 Å². The zero-order valence-corrected chi connectivity index (χ0v) is 21.7. The summed E-state index contributed by atoms with van der Waals surface area (Å²) in [4.78, 5) is 27.0. The second kappa shape index (κ2) is 13.8. The predicted molar refractivity (Wildman–Crippen MR) is 137 cm³/mol. The average molecular weight is 544 g/mol. The van der Waals surface area contributed by atoms with Crippen molar-refractivity contribution in [2.45, 2.75) is 38.3 Å². The molecule has 3 rings (SSSR count). The molecule has 0 bridgehead atoms. The molecule has 0 saturated carbocycles. The Balaban J connectivity index is 1.44. The maximum absolute atomic E-state index is 12.6. The first-order valence-corrected chi connectivity index (χ1v) is 12.7. The van der Waals surface area contributed by atoms with Crippen molar-refractivity contribution >= 4 is 46.7 Å². The second-order valence-corrected chi connectivity index (χ2v) is 9.35. The third-order valence-corrected chi connectivity index (χ3v) is 6.62. The molecular formula is C25H29Cl3N2O5. The number of nitrogens with one attached hydrogen (secondary N) is 1. The maximum atomic E-state index is 12.6. The van der Waals surface area contributed by atoms with Crippen LogP contribution < -0.4 is 14.8 Å². The molecule has 190 valence electrons. The number of ether oxygens (including phenoxy) is 3. The second-order valence-electron chi connectivity index (χ2n) is 8.10. The SMILES string of the molecule is CCOC(=O)C(CCOc1ccc(Cl)cc1)N1CCC(NC(=O)COc2ccc(Cl)c(Cl)c2)CC1. The predicted octanol–water partition coefficient (Wildman–Crippen LogP) is 5.01. The number of esters is 1. The smallest absolute Gasteiger partial charge is 0.323 e. The zero-order valence-electron chi connectivity index (χ0n) is 19.5. The first-order chi connectivity index (χ1) is 16.9. The summed E-state index contributed by atoms with van der Waals surface area (Å²) in [5.41, 5.74) is 0. The molecule has 1 N–H and O–H groups in total. The molecule has 1 unspecified atom stereocenters. The minimum atomic E-state index is -0.406. The van der Waals surface area contributed by atoms with Crippen LogP contribution in [-0.4, -0.2) is 61.8 Å². The molecule has 1 saturated heterocycles. The van der Waals surface area contributed by atoms with Crippen molar-refractivity contribution in [1.82, 2.24) is 10.2 Å². The summed E-state index contributed by atoms with van der Waals surface area (Å²) < 4.78 is 16.6. The normalized spacial score (nSPS) is 15.3. The summed E-state index contributed by atoms with van der Waals surface area (Å²) in [7, 11) is 0. The molecule has 1 heterocycles. The quantitative estimate of drug-likeness (QED) is 0.402. The van der Waals surface area contributed by atoms with Crippen LogP contribution in [0.25, 0.3) is 0 Å². The van der Waals surface area contributed by atoms with Gasteiger partial charge in [0.15, 0.2) is 6.61 Å². The van der Waals surface area contributed by atoms with Crippen molar-refractivity contribution in [3.63, 3.8) is 0 Å². The van der Waals surface area contributed by atoms with E-state index in [0.717, 1.165) is 0 Å². The van der Waals surface area contributed by atoms with E-state index in [1.807, 2.05) is 0 Å². The zero-order chi connectivity index (χ0) is 25.2. The monoisotopic (exact) mass is 542 g/mol. The van der Waals surface area contributed by atoms with Gasteiger partial charge >= 0.3 is 5.97 Å². The van der Waals surface area contributed by atoms with E-state index in [0.29, 0.717) is 72.1 Å².